The van der Waals surface area contributed by atoms with Gasteiger partial charge in [-0.1, -0.05) is 41.5 Å². The van der Waals surface area contributed by atoms with Gasteiger partial charge in [0, 0.05) is 17.2 Å². The molecule has 0 N–H and O–H groups in total. The molecule has 0 unspecified atom stereocenters. The zero-order valence-electron chi connectivity index (χ0n) is 14.8. The molecule has 2 aliphatic rings. The minimum absolute atomic E-state index is 0.0524. The van der Waals surface area contributed by atoms with E-state index in [4.69, 9.17) is 23.1 Å². The second kappa shape index (κ2) is 6.24. The molecule has 0 aliphatic carbocycles. The summed E-state index contributed by atoms with van der Waals surface area (Å²) in [5.41, 5.74) is 0. The fourth-order valence-corrected chi connectivity index (χ4v) is 8.49. The minimum atomic E-state index is -2.51. The molecule has 5 nitrogen and oxygen atoms in total. The first kappa shape index (κ1) is 17.9. The van der Waals surface area contributed by atoms with Crippen LogP contribution < -0.4 is 0 Å². The van der Waals surface area contributed by atoms with Crippen LogP contribution in [0.15, 0.2) is 12.3 Å². The van der Waals surface area contributed by atoms with Crippen LogP contribution in [0.2, 0.25) is 10.1 Å². The number of hydrogen-bond donors (Lipinski definition) is 0. The van der Waals surface area contributed by atoms with Crippen molar-refractivity contribution in [1.29, 1.82) is 0 Å². The van der Waals surface area contributed by atoms with Crippen molar-refractivity contribution in [2.45, 2.75) is 69.9 Å². The van der Waals surface area contributed by atoms with Gasteiger partial charge in [-0.05, 0) is 6.08 Å². The molecule has 0 aromatic rings. The van der Waals surface area contributed by atoms with Crippen molar-refractivity contribution < 1.29 is 23.1 Å². The smallest absolute Gasteiger partial charge is 0.349 e. The maximum Gasteiger partial charge on any atom is 0.349 e. The summed E-state index contributed by atoms with van der Waals surface area (Å²) in [6, 6.07) is 0. The highest BCUT2D eigenvalue weighted by Crippen LogP contribution is 2.54. The summed E-state index contributed by atoms with van der Waals surface area (Å²) in [5, 5.41) is -0.105. The Labute approximate surface area is 135 Å². The van der Waals surface area contributed by atoms with Gasteiger partial charge in [0.2, 0.25) is 0 Å². The number of methoxy groups -OCH3 is 1. The van der Waals surface area contributed by atoms with Crippen LogP contribution in [0.3, 0.4) is 0 Å². The summed E-state index contributed by atoms with van der Waals surface area (Å²) in [7, 11) is -0.890. The number of fused-ring (bicyclic) bond motifs is 1. The summed E-state index contributed by atoms with van der Waals surface area (Å²) < 4.78 is 29.6. The van der Waals surface area contributed by atoms with E-state index < -0.39 is 8.56 Å². The molecule has 0 aromatic heterocycles. The van der Waals surface area contributed by atoms with E-state index in [1.807, 2.05) is 6.08 Å². The molecule has 3 atom stereocenters. The van der Waals surface area contributed by atoms with E-state index in [1.54, 1.807) is 13.4 Å². The molecule has 1 fully saturated rings. The Morgan fingerprint density at radius 1 is 1.14 bits per heavy atom. The monoisotopic (exact) mass is 330 g/mol. The zero-order valence-corrected chi connectivity index (χ0v) is 15.8. The van der Waals surface area contributed by atoms with E-state index in [1.165, 1.54) is 0 Å². The molecule has 128 valence electrons. The largest absolute Gasteiger partial charge is 0.493 e. The maximum atomic E-state index is 6.68. The fraction of sp³-hybridized carbons (Fsp3) is 0.875. The molecule has 0 aromatic carbocycles. The molecule has 0 radical (unpaired) electrons. The summed E-state index contributed by atoms with van der Waals surface area (Å²) in [6.07, 6.45) is 3.13. The van der Waals surface area contributed by atoms with Crippen molar-refractivity contribution in [3.05, 3.63) is 12.3 Å². The van der Waals surface area contributed by atoms with Gasteiger partial charge < -0.3 is 23.1 Å². The lowest BCUT2D eigenvalue weighted by Gasteiger charge is -2.55. The van der Waals surface area contributed by atoms with Crippen LogP contribution in [0.4, 0.5) is 0 Å². The van der Waals surface area contributed by atoms with E-state index in [2.05, 4.69) is 41.5 Å². The first-order valence-corrected chi connectivity index (χ1v) is 9.68. The van der Waals surface area contributed by atoms with E-state index >= 15 is 0 Å². The van der Waals surface area contributed by atoms with E-state index in [-0.39, 0.29) is 35.2 Å². The third-order valence-electron chi connectivity index (χ3n) is 4.32. The first-order valence-electron chi connectivity index (χ1n) is 7.87. The molecule has 6 heteroatoms. The maximum absolute atomic E-state index is 6.68. The Morgan fingerprint density at radius 3 is 2.32 bits per heavy atom. The van der Waals surface area contributed by atoms with Gasteiger partial charge in [-0.3, -0.25) is 0 Å². The third-order valence-corrected chi connectivity index (χ3v) is 9.44. The Hall–Kier alpha value is -0.403. The van der Waals surface area contributed by atoms with Gasteiger partial charge in [-0.25, -0.2) is 0 Å². The lowest BCUT2D eigenvalue weighted by molar-refractivity contribution is -0.160. The van der Waals surface area contributed by atoms with Gasteiger partial charge in [0.1, 0.15) is 25.1 Å². The van der Waals surface area contributed by atoms with Crippen LogP contribution in [0.5, 0.6) is 0 Å². The normalized spacial score (nSPS) is 31.5. The quantitative estimate of drug-likeness (QED) is 0.586. The van der Waals surface area contributed by atoms with Crippen LogP contribution in [0.1, 0.15) is 41.5 Å². The predicted octanol–water partition coefficient (Wildman–Crippen LogP) is 3.35. The van der Waals surface area contributed by atoms with Gasteiger partial charge >= 0.3 is 8.56 Å². The van der Waals surface area contributed by atoms with Crippen molar-refractivity contribution in [3.63, 3.8) is 0 Å². The Morgan fingerprint density at radius 2 is 1.77 bits per heavy atom. The van der Waals surface area contributed by atoms with Crippen molar-refractivity contribution in [1.82, 2.24) is 0 Å². The van der Waals surface area contributed by atoms with Crippen LogP contribution in [-0.4, -0.2) is 47.4 Å². The average Bonchev–Trinajstić information content (AvgIpc) is 2.42. The van der Waals surface area contributed by atoms with Crippen molar-refractivity contribution in [2.75, 3.05) is 20.5 Å². The van der Waals surface area contributed by atoms with Gasteiger partial charge in [0.25, 0.3) is 0 Å². The van der Waals surface area contributed by atoms with E-state index in [9.17, 15) is 0 Å². The van der Waals surface area contributed by atoms with Gasteiger partial charge in [0.05, 0.1) is 12.9 Å². The zero-order chi connectivity index (χ0) is 16.6. The highest BCUT2D eigenvalue weighted by atomic mass is 28.4. The first-order chi connectivity index (χ1) is 10.1. The lowest BCUT2D eigenvalue weighted by atomic mass is 10.1. The van der Waals surface area contributed by atoms with Crippen LogP contribution >= 0.6 is 0 Å². The van der Waals surface area contributed by atoms with Gasteiger partial charge in [-0.2, -0.15) is 0 Å². The molecule has 2 rings (SSSR count). The number of hydrogen-bond acceptors (Lipinski definition) is 5. The SMILES string of the molecule is COCO[C@@H]1C=CO[C@@H]2CO[Si](C(C)(C)C)(C(C)(C)C)O[C@@H]12. The van der Waals surface area contributed by atoms with E-state index in [0.29, 0.717) is 6.61 Å². The summed E-state index contributed by atoms with van der Waals surface area (Å²) in [4.78, 5) is 0. The van der Waals surface area contributed by atoms with Gasteiger partial charge in [0.15, 0.2) is 0 Å². The topological polar surface area (TPSA) is 46.2 Å². The summed E-state index contributed by atoms with van der Waals surface area (Å²) in [5.74, 6) is 0. The molecular weight excluding hydrogens is 300 g/mol. The van der Waals surface area contributed by atoms with Gasteiger partial charge in [-0.15, -0.1) is 0 Å². The fourth-order valence-electron chi connectivity index (χ4n) is 3.53. The third kappa shape index (κ3) is 3.12. The van der Waals surface area contributed by atoms with Crippen molar-refractivity contribution >= 4 is 8.56 Å². The lowest BCUT2D eigenvalue weighted by Crippen LogP contribution is -2.67. The molecule has 0 spiro atoms. The number of rotatable bonds is 3. The van der Waals surface area contributed by atoms with Crippen LogP contribution in [0, 0.1) is 0 Å². The Kier molecular flexibility index (Phi) is 5.09. The van der Waals surface area contributed by atoms with Crippen LogP contribution in [-0.2, 0) is 23.1 Å². The molecule has 0 bridgehead atoms. The van der Waals surface area contributed by atoms with Crippen molar-refractivity contribution in [3.8, 4) is 0 Å². The molecule has 2 heterocycles. The van der Waals surface area contributed by atoms with E-state index in [0.717, 1.165) is 0 Å². The highest BCUT2D eigenvalue weighted by Gasteiger charge is 2.63. The summed E-state index contributed by atoms with van der Waals surface area (Å²) >= 11 is 0. The minimum Gasteiger partial charge on any atom is -0.493 e. The molecule has 0 saturated carbocycles. The Bertz CT molecular complexity index is 396. The summed E-state index contributed by atoms with van der Waals surface area (Å²) in [6.45, 7) is 14.0. The molecular formula is C16H30O5Si. The van der Waals surface area contributed by atoms with Crippen molar-refractivity contribution in [2.24, 2.45) is 0 Å². The molecule has 22 heavy (non-hydrogen) atoms. The molecule has 0 amide bonds. The second-order valence-electron chi connectivity index (χ2n) is 8.05. The van der Waals surface area contributed by atoms with Crippen LogP contribution in [0.25, 0.3) is 0 Å². The Balaban J connectivity index is 2.29. The molecule has 2 aliphatic heterocycles. The predicted molar refractivity (Wildman–Crippen MR) is 86.8 cm³/mol. The number of ether oxygens (including phenoxy) is 3. The highest BCUT2D eigenvalue weighted by molar-refractivity contribution is 6.73. The average molecular weight is 330 g/mol. The standard InChI is InChI=1S/C16H30O5Si/c1-15(2,3)22(16(4,5)6)20-10-13-14(21-22)12(8-9-18-13)19-11-17-7/h8-9,12-14H,10-11H2,1-7H3/t12-,13-,14+/m1/s1. The molecule has 1 saturated heterocycles. The second-order valence-corrected chi connectivity index (χ2v) is 12.8.